The zero-order chi connectivity index (χ0) is 43.2. The van der Waals surface area contributed by atoms with Gasteiger partial charge in [-0.05, 0) is 41.3 Å². The number of nitrogens with zero attached hydrogens (tertiary/aromatic N) is 1. The monoisotopic (exact) mass is 844 g/mol. The van der Waals surface area contributed by atoms with Crippen LogP contribution in [0.1, 0.15) is 36.7 Å². The maximum absolute atomic E-state index is 13.5. The molecule has 60 heavy (non-hydrogen) atoms. The molecule has 0 aliphatic heterocycles. The van der Waals surface area contributed by atoms with E-state index < -0.39 is 22.9 Å². The number of aliphatic hydroxyl groups excluding tert-OH is 1. The van der Waals surface area contributed by atoms with Crippen LogP contribution in [0.4, 0.5) is 33.4 Å². The fraction of sp³-hybridized carbons (Fsp3) is 0.326. The lowest BCUT2D eigenvalue weighted by Crippen LogP contribution is -2.28. The van der Waals surface area contributed by atoms with Gasteiger partial charge in [0.2, 0.25) is 0 Å². The van der Waals surface area contributed by atoms with Crippen LogP contribution in [-0.2, 0) is 25.9 Å². The van der Waals surface area contributed by atoms with E-state index >= 15 is 0 Å². The number of benzene rings is 4. The maximum atomic E-state index is 13.5. The lowest BCUT2D eigenvalue weighted by atomic mass is 9.86. The Morgan fingerprint density at radius 2 is 1.43 bits per heavy atom. The third-order valence-corrected chi connectivity index (χ3v) is 9.40. The van der Waals surface area contributed by atoms with E-state index in [1.54, 1.807) is 42.6 Å². The Labute approximate surface area is 351 Å². The number of urea groups is 1. The molecular weight excluding hydrogens is 793 g/mol. The summed E-state index contributed by atoms with van der Waals surface area (Å²) in [7, 11) is 3.04. The molecule has 1 heterocycles. The van der Waals surface area contributed by atoms with Gasteiger partial charge in [-0.2, -0.15) is 0 Å². The number of hydrogen-bond acceptors (Lipinski definition) is 12. The number of carbonyl (C=O) groups excluding carboxylic acids is 2. The van der Waals surface area contributed by atoms with Gasteiger partial charge in [-0.1, -0.05) is 45.0 Å². The Hall–Kier alpha value is -6.14. The number of pyridine rings is 1. The molecule has 0 saturated heterocycles. The highest BCUT2D eigenvalue weighted by Gasteiger charge is 2.23. The van der Waals surface area contributed by atoms with E-state index in [4.69, 9.17) is 33.5 Å². The van der Waals surface area contributed by atoms with Gasteiger partial charge < -0.3 is 59.5 Å². The molecule has 5 aromatic rings. The summed E-state index contributed by atoms with van der Waals surface area (Å²) in [6, 6.07) is 21.0. The van der Waals surface area contributed by atoms with Crippen molar-refractivity contribution in [3.05, 3.63) is 90.1 Å². The van der Waals surface area contributed by atoms with Crippen molar-refractivity contribution in [3.8, 4) is 28.7 Å². The molecule has 17 heteroatoms. The smallest absolute Gasteiger partial charge is 0.323 e. The number of anilines is 5. The number of aliphatic hydroxyl groups is 1. The van der Waals surface area contributed by atoms with Gasteiger partial charge >= 0.3 is 6.03 Å². The first-order valence-electron chi connectivity index (χ1n) is 19.0. The molecule has 0 bridgehead atoms. The Kier molecular flexibility index (Phi) is 15.9. The van der Waals surface area contributed by atoms with Gasteiger partial charge in [0, 0.05) is 53.7 Å². The van der Waals surface area contributed by atoms with Gasteiger partial charge in [-0.3, -0.25) is 4.79 Å². The molecule has 0 aliphatic rings. The molecular formula is C43H52N6O10S. The fourth-order valence-electron chi connectivity index (χ4n) is 6.09. The molecule has 6 N–H and O–H groups in total. The number of amides is 3. The van der Waals surface area contributed by atoms with Gasteiger partial charge in [0.05, 0.1) is 71.4 Å². The minimum Gasteiger partial charge on any atom is -0.496 e. The minimum atomic E-state index is -1.38. The highest BCUT2D eigenvalue weighted by atomic mass is 32.2. The Morgan fingerprint density at radius 3 is 2.08 bits per heavy atom. The highest BCUT2D eigenvalue weighted by Crippen LogP contribution is 2.40. The minimum absolute atomic E-state index is 0.0544. The normalized spacial score (nSPS) is 11.7. The van der Waals surface area contributed by atoms with Crippen LogP contribution >= 0.6 is 0 Å². The van der Waals surface area contributed by atoms with Crippen LogP contribution in [-0.4, -0.2) is 93.4 Å². The molecule has 0 fully saturated rings. The van der Waals surface area contributed by atoms with Crippen molar-refractivity contribution in [1.29, 1.82) is 0 Å². The molecule has 0 aliphatic carbocycles. The van der Waals surface area contributed by atoms with E-state index in [9.17, 15) is 13.8 Å². The number of ether oxygens (including phenoxy) is 6. The summed E-state index contributed by atoms with van der Waals surface area (Å²) in [6.45, 7) is 7.52. The first-order chi connectivity index (χ1) is 28.8. The van der Waals surface area contributed by atoms with E-state index in [1.165, 1.54) is 27.6 Å². The number of fused-ring (bicyclic) bond motifs is 1. The van der Waals surface area contributed by atoms with Gasteiger partial charge in [0.15, 0.2) is 5.75 Å². The fourth-order valence-corrected chi connectivity index (χ4v) is 6.55. The van der Waals surface area contributed by atoms with Crippen molar-refractivity contribution in [3.63, 3.8) is 0 Å². The quantitative estimate of drug-likeness (QED) is 0.0432. The lowest BCUT2D eigenvalue weighted by molar-refractivity contribution is 0.0338. The molecule has 1 unspecified atom stereocenters. The van der Waals surface area contributed by atoms with Gasteiger partial charge in [0.25, 0.3) is 5.91 Å². The van der Waals surface area contributed by atoms with Crippen molar-refractivity contribution in [2.75, 3.05) is 87.8 Å². The van der Waals surface area contributed by atoms with E-state index in [1.807, 2.05) is 57.2 Å². The highest BCUT2D eigenvalue weighted by molar-refractivity contribution is 7.85. The number of methoxy groups -OCH3 is 3. The van der Waals surface area contributed by atoms with E-state index in [0.717, 1.165) is 16.3 Å². The summed E-state index contributed by atoms with van der Waals surface area (Å²) >= 11 is 0. The first kappa shape index (κ1) is 45.0. The summed E-state index contributed by atoms with van der Waals surface area (Å²) in [6.07, 6.45) is 3.12. The molecule has 3 amide bonds. The van der Waals surface area contributed by atoms with Crippen molar-refractivity contribution in [2.24, 2.45) is 0 Å². The van der Waals surface area contributed by atoms with Crippen LogP contribution in [0.2, 0.25) is 0 Å². The average molecular weight is 845 g/mol. The number of rotatable bonds is 20. The zero-order valence-electron chi connectivity index (χ0n) is 34.7. The second-order valence-electron chi connectivity index (χ2n) is 14.2. The van der Waals surface area contributed by atoms with Crippen molar-refractivity contribution in [1.82, 2.24) is 10.3 Å². The second-order valence-corrected chi connectivity index (χ2v) is 15.3. The van der Waals surface area contributed by atoms with Crippen LogP contribution in [0, 0.1) is 0 Å². The SMILES string of the molecule is COc1cc(Nc2cc(Oc3ccc(NC(=O)Nc4cc(C(C)(C)C)cc(NS(C)=O)c4OC)c4ccccc34)ccn2)cc(OC)c1C(=O)NCCOCCOCCO. The van der Waals surface area contributed by atoms with Crippen molar-refractivity contribution in [2.45, 2.75) is 26.2 Å². The summed E-state index contributed by atoms with van der Waals surface area (Å²) < 4.78 is 48.8. The maximum Gasteiger partial charge on any atom is 0.323 e. The molecule has 4 aromatic carbocycles. The molecule has 5 rings (SSSR count). The standard InChI is InChI=1S/C43H52N6O10S/c1-43(2,3)27-22-33(40(56-6)34(23-27)49-60(7)53)48-42(52)47-32-12-13-35(31-11-9-8-10-30(31)32)59-29-14-15-44-38(26-29)46-28-24-36(54-4)39(37(25-28)55-5)41(51)45-16-18-57-20-21-58-19-17-50/h8-15,22-26,49-50H,16-21H2,1-7H3,(H,44,46)(H,45,51)(H2,47,48,52). The topological polar surface area (TPSA) is 200 Å². The van der Waals surface area contributed by atoms with Crippen LogP contribution in [0.3, 0.4) is 0 Å². The summed E-state index contributed by atoms with van der Waals surface area (Å²) in [5, 5.41) is 22.2. The molecule has 0 saturated carbocycles. The number of carbonyl (C=O) groups is 2. The Balaban J connectivity index is 1.30. The molecule has 1 aromatic heterocycles. The van der Waals surface area contributed by atoms with E-state index in [2.05, 4.69) is 31.0 Å². The van der Waals surface area contributed by atoms with Crippen LogP contribution < -0.4 is 44.9 Å². The van der Waals surface area contributed by atoms with E-state index in [0.29, 0.717) is 59.0 Å². The molecule has 0 spiro atoms. The van der Waals surface area contributed by atoms with Crippen LogP contribution in [0.15, 0.2) is 79.0 Å². The Morgan fingerprint density at radius 1 is 0.767 bits per heavy atom. The third-order valence-electron chi connectivity index (χ3n) is 8.90. The average Bonchev–Trinajstić information content (AvgIpc) is 3.21. The van der Waals surface area contributed by atoms with Crippen LogP contribution in [0.25, 0.3) is 10.8 Å². The van der Waals surface area contributed by atoms with E-state index in [-0.39, 0.29) is 48.8 Å². The number of nitrogens with one attached hydrogen (secondary N) is 5. The third kappa shape index (κ3) is 12.0. The van der Waals surface area contributed by atoms with Crippen LogP contribution in [0.5, 0.6) is 28.7 Å². The summed E-state index contributed by atoms with van der Waals surface area (Å²) in [4.78, 5) is 31.1. The predicted octanol–water partition coefficient (Wildman–Crippen LogP) is 7.20. The number of aromatic nitrogens is 1. The predicted molar refractivity (Wildman–Crippen MR) is 234 cm³/mol. The second kappa shape index (κ2) is 21.2. The largest absolute Gasteiger partial charge is 0.496 e. The zero-order valence-corrected chi connectivity index (χ0v) is 35.5. The molecule has 0 radical (unpaired) electrons. The molecule has 320 valence electrons. The van der Waals surface area contributed by atoms with Gasteiger partial charge in [0.1, 0.15) is 45.4 Å². The Bertz CT molecular complexity index is 2280. The van der Waals surface area contributed by atoms with Crippen molar-refractivity contribution < 1.29 is 47.3 Å². The van der Waals surface area contributed by atoms with Gasteiger partial charge in [-0.15, -0.1) is 0 Å². The first-order valence-corrected chi connectivity index (χ1v) is 20.5. The van der Waals surface area contributed by atoms with Gasteiger partial charge in [-0.25, -0.2) is 14.0 Å². The molecule has 16 nitrogen and oxygen atoms in total. The number of hydrogen-bond donors (Lipinski definition) is 6. The summed E-state index contributed by atoms with van der Waals surface area (Å²) in [5.74, 6) is 1.98. The van der Waals surface area contributed by atoms with Crippen molar-refractivity contribution >= 4 is 62.3 Å². The lowest BCUT2D eigenvalue weighted by Gasteiger charge is -2.24. The summed E-state index contributed by atoms with van der Waals surface area (Å²) in [5.41, 5.74) is 2.85. The molecule has 1 atom stereocenters.